The molecule has 3 aromatic heterocycles. The SMILES string of the molecule is c1cncc(-c2nc(N3CCc4ccccc43)c3c4c(sc3n2)CCC4)c1. The molecule has 0 fully saturated rings. The predicted octanol–water partition coefficient (Wildman–Crippen LogP) is 4.94. The van der Waals surface area contributed by atoms with Gasteiger partial charge in [-0.05, 0) is 55.0 Å². The number of anilines is 2. The molecule has 2 aliphatic rings. The maximum Gasteiger partial charge on any atom is 0.164 e. The first-order valence-electron chi connectivity index (χ1n) is 9.46. The van der Waals surface area contributed by atoms with Crippen LogP contribution >= 0.6 is 11.3 Å². The van der Waals surface area contributed by atoms with Crippen LogP contribution in [0.5, 0.6) is 0 Å². The van der Waals surface area contributed by atoms with Crippen LogP contribution < -0.4 is 4.90 Å². The van der Waals surface area contributed by atoms with Crippen LogP contribution in [0.1, 0.15) is 22.4 Å². The molecule has 0 unspecified atom stereocenters. The number of aromatic nitrogens is 3. The summed E-state index contributed by atoms with van der Waals surface area (Å²) in [6.07, 6.45) is 8.28. The van der Waals surface area contributed by atoms with Gasteiger partial charge in [0, 0.05) is 35.1 Å². The Bertz CT molecular complexity index is 1170. The maximum absolute atomic E-state index is 5.08. The van der Waals surface area contributed by atoms with E-state index in [2.05, 4.69) is 34.1 Å². The van der Waals surface area contributed by atoms with Gasteiger partial charge >= 0.3 is 0 Å². The molecular weight excluding hydrogens is 352 g/mol. The number of nitrogens with zero attached hydrogens (tertiary/aromatic N) is 4. The highest BCUT2D eigenvalue weighted by molar-refractivity contribution is 7.19. The summed E-state index contributed by atoms with van der Waals surface area (Å²) < 4.78 is 0. The van der Waals surface area contributed by atoms with Crippen molar-refractivity contribution < 1.29 is 0 Å². The second-order valence-corrected chi connectivity index (χ2v) is 8.26. The van der Waals surface area contributed by atoms with Gasteiger partial charge in [0.05, 0.1) is 5.39 Å². The molecule has 1 aliphatic carbocycles. The average molecular weight is 370 g/mol. The summed E-state index contributed by atoms with van der Waals surface area (Å²) in [5, 5.41) is 1.27. The number of pyridine rings is 1. The van der Waals surface area contributed by atoms with Gasteiger partial charge < -0.3 is 4.90 Å². The van der Waals surface area contributed by atoms with Crippen LogP contribution in [-0.4, -0.2) is 21.5 Å². The van der Waals surface area contributed by atoms with Gasteiger partial charge in [0.1, 0.15) is 10.6 Å². The Hall–Kier alpha value is -2.79. The number of fused-ring (bicyclic) bond motifs is 4. The minimum Gasteiger partial charge on any atom is -0.325 e. The van der Waals surface area contributed by atoms with Crippen molar-refractivity contribution in [3.8, 4) is 11.4 Å². The van der Waals surface area contributed by atoms with Crippen LogP contribution in [0.4, 0.5) is 11.5 Å². The van der Waals surface area contributed by atoms with Crippen molar-refractivity contribution in [3.05, 3.63) is 64.8 Å². The standard InChI is InChI=1S/C22H18N4S/c1-2-8-17-14(5-1)10-12-26(17)21-19-16-7-3-9-18(16)27-22(19)25-20(24-21)15-6-4-11-23-13-15/h1-2,4-6,8,11,13H,3,7,9-10,12H2. The fourth-order valence-corrected chi connectivity index (χ4v) is 5.61. The van der Waals surface area contributed by atoms with Gasteiger partial charge in [-0.15, -0.1) is 11.3 Å². The fraction of sp³-hybridized carbons (Fsp3) is 0.227. The second-order valence-electron chi connectivity index (χ2n) is 7.18. The lowest BCUT2D eigenvalue weighted by atomic mass is 10.1. The zero-order chi connectivity index (χ0) is 17.8. The molecule has 0 radical (unpaired) electrons. The minimum atomic E-state index is 0.773. The van der Waals surface area contributed by atoms with E-state index < -0.39 is 0 Å². The van der Waals surface area contributed by atoms with Crippen molar-refractivity contribution >= 4 is 33.1 Å². The van der Waals surface area contributed by atoms with Crippen LogP contribution in [0.15, 0.2) is 48.8 Å². The number of para-hydroxylation sites is 1. The molecule has 4 aromatic rings. The third-order valence-electron chi connectivity index (χ3n) is 5.61. The van der Waals surface area contributed by atoms with Gasteiger partial charge in [-0.25, -0.2) is 9.97 Å². The molecule has 0 saturated heterocycles. The maximum atomic E-state index is 5.08. The summed E-state index contributed by atoms with van der Waals surface area (Å²) in [5.41, 5.74) is 5.14. The number of hydrogen-bond donors (Lipinski definition) is 0. The molecule has 0 atom stereocenters. The molecule has 27 heavy (non-hydrogen) atoms. The van der Waals surface area contributed by atoms with E-state index in [0.29, 0.717) is 0 Å². The van der Waals surface area contributed by atoms with Crippen molar-refractivity contribution in [1.82, 2.24) is 15.0 Å². The van der Waals surface area contributed by atoms with Gasteiger partial charge in [-0.2, -0.15) is 0 Å². The predicted molar refractivity (Wildman–Crippen MR) is 110 cm³/mol. The van der Waals surface area contributed by atoms with Crippen molar-refractivity contribution in [2.75, 3.05) is 11.4 Å². The van der Waals surface area contributed by atoms with Crippen molar-refractivity contribution in [2.24, 2.45) is 0 Å². The summed E-state index contributed by atoms with van der Waals surface area (Å²) in [7, 11) is 0. The molecule has 0 saturated carbocycles. The van der Waals surface area contributed by atoms with E-state index in [1.165, 1.54) is 39.9 Å². The molecule has 1 aliphatic heterocycles. The van der Waals surface area contributed by atoms with Gasteiger partial charge in [0.15, 0.2) is 5.82 Å². The summed E-state index contributed by atoms with van der Waals surface area (Å²) in [6.45, 7) is 0.975. The number of rotatable bonds is 2. The van der Waals surface area contributed by atoms with Crippen molar-refractivity contribution in [2.45, 2.75) is 25.7 Å². The first-order valence-corrected chi connectivity index (χ1v) is 10.3. The molecule has 4 heterocycles. The summed E-state index contributed by atoms with van der Waals surface area (Å²) in [5.74, 6) is 1.85. The molecular formula is C22H18N4S. The quantitative estimate of drug-likeness (QED) is 0.501. The Morgan fingerprint density at radius 2 is 1.93 bits per heavy atom. The lowest BCUT2D eigenvalue weighted by molar-refractivity contribution is 0.916. The summed E-state index contributed by atoms with van der Waals surface area (Å²) in [4.78, 5) is 19.3. The highest BCUT2D eigenvalue weighted by Crippen LogP contribution is 2.44. The van der Waals surface area contributed by atoms with Gasteiger partial charge in [0.25, 0.3) is 0 Å². The fourth-order valence-electron chi connectivity index (χ4n) is 4.35. The molecule has 0 N–H and O–H groups in total. The van der Waals surface area contributed by atoms with E-state index in [9.17, 15) is 0 Å². The Morgan fingerprint density at radius 3 is 2.85 bits per heavy atom. The Balaban J connectivity index is 1.63. The molecule has 5 heteroatoms. The van der Waals surface area contributed by atoms with Gasteiger partial charge in [-0.1, -0.05) is 18.2 Å². The van der Waals surface area contributed by atoms with Crippen LogP contribution in [0.2, 0.25) is 0 Å². The first kappa shape index (κ1) is 15.3. The molecule has 0 bridgehead atoms. The van der Waals surface area contributed by atoms with Crippen LogP contribution in [0.3, 0.4) is 0 Å². The van der Waals surface area contributed by atoms with Crippen LogP contribution in [0, 0.1) is 0 Å². The van der Waals surface area contributed by atoms with E-state index in [0.717, 1.165) is 41.4 Å². The Morgan fingerprint density at radius 1 is 0.963 bits per heavy atom. The van der Waals surface area contributed by atoms with Crippen molar-refractivity contribution in [3.63, 3.8) is 0 Å². The zero-order valence-electron chi connectivity index (χ0n) is 14.9. The average Bonchev–Trinajstić information content (AvgIpc) is 3.42. The molecule has 132 valence electrons. The van der Waals surface area contributed by atoms with Gasteiger partial charge in [-0.3, -0.25) is 4.98 Å². The number of aryl methyl sites for hydroxylation is 2. The third-order valence-corrected chi connectivity index (χ3v) is 6.79. The minimum absolute atomic E-state index is 0.773. The lowest BCUT2D eigenvalue weighted by Gasteiger charge is -2.20. The molecule has 0 spiro atoms. The number of thiophene rings is 1. The van der Waals surface area contributed by atoms with E-state index >= 15 is 0 Å². The largest absolute Gasteiger partial charge is 0.325 e. The van der Waals surface area contributed by atoms with E-state index in [-0.39, 0.29) is 0 Å². The van der Waals surface area contributed by atoms with E-state index in [4.69, 9.17) is 9.97 Å². The first-order chi connectivity index (χ1) is 13.4. The highest BCUT2D eigenvalue weighted by atomic mass is 32.1. The Kier molecular flexibility index (Phi) is 3.32. The number of hydrogen-bond acceptors (Lipinski definition) is 5. The topological polar surface area (TPSA) is 41.9 Å². The van der Waals surface area contributed by atoms with E-state index in [1.54, 1.807) is 6.20 Å². The highest BCUT2D eigenvalue weighted by Gasteiger charge is 2.28. The number of benzene rings is 1. The zero-order valence-corrected chi connectivity index (χ0v) is 15.7. The lowest BCUT2D eigenvalue weighted by Crippen LogP contribution is -2.16. The second kappa shape index (κ2) is 5.86. The molecule has 6 rings (SSSR count). The van der Waals surface area contributed by atoms with Crippen LogP contribution in [-0.2, 0) is 19.3 Å². The van der Waals surface area contributed by atoms with E-state index in [1.807, 2.05) is 29.7 Å². The normalized spacial score (nSPS) is 15.3. The third kappa shape index (κ3) is 2.31. The monoisotopic (exact) mass is 370 g/mol. The summed E-state index contributed by atoms with van der Waals surface area (Å²) >= 11 is 1.85. The molecule has 0 amide bonds. The molecule has 4 nitrogen and oxygen atoms in total. The van der Waals surface area contributed by atoms with Crippen molar-refractivity contribution in [1.29, 1.82) is 0 Å². The molecule has 1 aromatic carbocycles. The summed E-state index contributed by atoms with van der Waals surface area (Å²) in [6, 6.07) is 12.7. The Labute approximate surface area is 161 Å². The van der Waals surface area contributed by atoms with Crippen LogP contribution in [0.25, 0.3) is 21.6 Å². The smallest absolute Gasteiger partial charge is 0.164 e. The van der Waals surface area contributed by atoms with Gasteiger partial charge in [0.2, 0.25) is 0 Å².